The Morgan fingerprint density at radius 3 is 1.89 bits per heavy atom. The summed E-state index contributed by atoms with van der Waals surface area (Å²) >= 11 is 0. The predicted octanol–water partition coefficient (Wildman–Crippen LogP) is 4.09. The monoisotopic (exact) mass is 693 g/mol. The van der Waals surface area contributed by atoms with Crippen LogP contribution in [0.4, 0.5) is 17.8 Å². The zero-order valence-corrected chi connectivity index (χ0v) is 28.1. The van der Waals surface area contributed by atoms with Crippen molar-refractivity contribution in [2.45, 2.75) is 32.7 Å². The number of rotatable bonds is 13. The van der Waals surface area contributed by atoms with Crippen LogP contribution in [0.3, 0.4) is 0 Å². The number of nitrogens with one attached hydrogen (secondary N) is 3. The quantitative estimate of drug-likeness (QED) is 0.172. The molecule has 1 aliphatic heterocycles. The van der Waals surface area contributed by atoms with Gasteiger partial charge in [0.2, 0.25) is 23.7 Å². The van der Waals surface area contributed by atoms with Crippen LogP contribution >= 0.6 is 0 Å². The molecule has 5 rings (SSSR count). The van der Waals surface area contributed by atoms with Crippen molar-refractivity contribution in [3.63, 3.8) is 0 Å². The molecule has 4 aromatic rings. The van der Waals surface area contributed by atoms with E-state index in [-0.39, 0.29) is 27.7 Å². The molecule has 1 radical (unpaired) electrons. The van der Waals surface area contributed by atoms with Crippen LogP contribution in [-0.4, -0.2) is 108 Å². The van der Waals surface area contributed by atoms with Crippen LogP contribution in [-0.2, 0) is 23.3 Å². The maximum Gasteiger partial charge on any atom is 0.229 e. The third kappa shape index (κ3) is 13.3. The van der Waals surface area contributed by atoms with Gasteiger partial charge in [0.1, 0.15) is 5.52 Å². The van der Waals surface area contributed by atoms with E-state index in [0.717, 1.165) is 113 Å². The Kier molecular flexibility index (Phi) is 18.8. The van der Waals surface area contributed by atoms with Gasteiger partial charge in [0.05, 0.1) is 0 Å². The molecule has 0 atom stereocenters. The van der Waals surface area contributed by atoms with E-state index in [1.54, 1.807) is 0 Å². The summed E-state index contributed by atoms with van der Waals surface area (Å²) in [5, 5.41) is 23.8. The first-order valence-electron chi connectivity index (χ1n) is 15.8. The molecule has 1 saturated heterocycles. The molecule has 0 spiro atoms. The van der Waals surface area contributed by atoms with E-state index in [9.17, 15) is 0 Å². The minimum absolute atomic E-state index is 0. The molecular formula is C32H48CoN11O3-3. The Bertz CT molecular complexity index is 1370. The Morgan fingerprint density at radius 1 is 0.702 bits per heavy atom. The fourth-order valence-electron chi connectivity index (χ4n) is 4.81. The first-order valence-corrected chi connectivity index (χ1v) is 15.8. The summed E-state index contributed by atoms with van der Waals surface area (Å²) < 4.78 is 5.91. The summed E-state index contributed by atoms with van der Waals surface area (Å²) in [6.07, 6.45) is 3.11. The fraction of sp³-hybridized carbons (Fsp3) is 0.500. The largest absolute Gasteiger partial charge is 0.665 e. The van der Waals surface area contributed by atoms with Crippen molar-refractivity contribution in [2.24, 2.45) is 0 Å². The molecular weight excluding hydrogens is 645 g/mol. The van der Waals surface area contributed by atoms with Crippen LogP contribution in [0.5, 0.6) is 0 Å². The van der Waals surface area contributed by atoms with Crippen molar-refractivity contribution in [1.82, 2.24) is 24.8 Å². The molecule has 7 N–H and O–H groups in total. The van der Waals surface area contributed by atoms with Gasteiger partial charge >= 0.3 is 0 Å². The number of nitrogens with zero attached hydrogens (tertiary/aromatic N) is 8. The number of benzene rings is 2. The van der Waals surface area contributed by atoms with Crippen LogP contribution in [0.1, 0.15) is 31.7 Å². The van der Waals surface area contributed by atoms with Crippen molar-refractivity contribution < 1.29 is 32.1 Å². The van der Waals surface area contributed by atoms with Crippen LogP contribution in [0.15, 0.2) is 52.9 Å². The van der Waals surface area contributed by atoms with E-state index >= 15 is 0 Å². The summed E-state index contributed by atoms with van der Waals surface area (Å²) in [5.41, 5.74) is 3.67. The van der Waals surface area contributed by atoms with Crippen LogP contribution in [0.25, 0.3) is 38.5 Å². The molecule has 1 fully saturated rings. The molecule has 47 heavy (non-hydrogen) atoms. The van der Waals surface area contributed by atoms with Crippen molar-refractivity contribution in [3.05, 3.63) is 70.0 Å². The van der Waals surface area contributed by atoms with Gasteiger partial charge in [-0.3, -0.25) is 0 Å². The Morgan fingerprint density at radius 2 is 1.28 bits per heavy atom. The zero-order chi connectivity index (χ0) is 30.2. The zero-order valence-electron chi connectivity index (χ0n) is 27.0. The smallest absolute Gasteiger partial charge is 0.229 e. The number of para-hydroxylation sites is 2. The molecule has 0 saturated carbocycles. The van der Waals surface area contributed by atoms with Gasteiger partial charge in [-0.2, -0.15) is 41.1 Å². The van der Waals surface area contributed by atoms with E-state index in [4.69, 9.17) is 4.42 Å². The molecule has 0 aliphatic carbocycles. The van der Waals surface area contributed by atoms with Gasteiger partial charge in [0.25, 0.3) is 0 Å². The first kappa shape index (κ1) is 39.8. The average Bonchev–Trinajstić information content (AvgIpc) is 3.48. The Balaban J connectivity index is 0.00000256. The number of anilines is 3. The molecule has 14 nitrogen and oxygen atoms in total. The Labute approximate surface area is 287 Å². The van der Waals surface area contributed by atoms with Gasteiger partial charge in [-0.1, -0.05) is 37.6 Å². The number of hydrogen-bond acceptors (Lipinski definition) is 9. The number of oxazole rings is 1. The van der Waals surface area contributed by atoms with Crippen LogP contribution in [0, 0.1) is 0 Å². The molecule has 0 bridgehead atoms. The number of hydrogen-bond donors (Lipinski definition) is 3. The van der Waals surface area contributed by atoms with Crippen molar-refractivity contribution >= 4 is 28.9 Å². The molecule has 0 amide bonds. The summed E-state index contributed by atoms with van der Waals surface area (Å²) in [7, 11) is 0. The average molecular weight is 694 g/mol. The van der Waals surface area contributed by atoms with E-state index in [2.05, 4.69) is 75.8 Å². The third-order valence-corrected chi connectivity index (χ3v) is 7.31. The minimum atomic E-state index is 0. The molecule has 261 valence electrons. The molecule has 15 heteroatoms. The number of fused-ring (bicyclic) bond motifs is 1. The topological polar surface area (TPSA) is 209 Å². The SMILES string of the molecule is CCCCNc1nc(NCCCN2CC[N-]CC[N-]CC[N-]CC2)nc(NCc2ccc(-c3nc4ccccc4o3)cc2)n1.O.O.[Co]. The van der Waals surface area contributed by atoms with Gasteiger partial charge in [-0.05, 0) is 62.3 Å². The summed E-state index contributed by atoms with van der Waals surface area (Å²) in [5.74, 6) is 2.28. The number of aromatic nitrogens is 4. The number of unbranched alkanes of at least 4 members (excludes halogenated alkanes) is 1. The summed E-state index contributed by atoms with van der Waals surface area (Å²) in [6.45, 7) is 12.1. The fourth-order valence-corrected chi connectivity index (χ4v) is 4.81. The minimum Gasteiger partial charge on any atom is -0.665 e. The van der Waals surface area contributed by atoms with Gasteiger partial charge in [-0.15, -0.1) is 13.1 Å². The second-order valence-electron chi connectivity index (χ2n) is 10.8. The molecule has 2 aromatic carbocycles. The maximum atomic E-state index is 5.91. The molecule has 3 heterocycles. The van der Waals surface area contributed by atoms with Crippen LogP contribution in [0.2, 0.25) is 0 Å². The van der Waals surface area contributed by atoms with Gasteiger partial charge < -0.3 is 52.2 Å². The second kappa shape index (κ2) is 22.2. The summed E-state index contributed by atoms with van der Waals surface area (Å²) in [4.78, 5) is 20.9. The van der Waals surface area contributed by atoms with E-state index in [1.807, 2.05) is 36.4 Å². The second-order valence-corrected chi connectivity index (χ2v) is 10.8. The van der Waals surface area contributed by atoms with E-state index in [0.29, 0.717) is 30.3 Å². The molecule has 1 aliphatic rings. The molecule has 2 aromatic heterocycles. The van der Waals surface area contributed by atoms with Crippen molar-refractivity contribution in [1.29, 1.82) is 0 Å². The van der Waals surface area contributed by atoms with E-state index in [1.165, 1.54) is 0 Å². The third-order valence-electron chi connectivity index (χ3n) is 7.31. The molecule has 0 unspecified atom stereocenters. The summed E-state index contributed by atoms with van der Waals surface area (Å²) in [6, 6.07) is 16.0. The van der Waals surface area contributed by atoms with Gasteiger partial charge in [0, 0.05) is 42.0 Å². The first-order chi connectivity index (χ1) is 21.8. The van der Waals surface area contributed by atoms with E-state index < -0.39 is 0 Å². The van der Waals surface area contributed by atoms with Crippen LogP contribution < -0.4 is 16.0 Å². The maximum absolute atomic E-state index is 5.91. The normalized spacial score (nSPS) is 14.4. The van der Waals surface area contributed by atoms with Gasteiger partial charge in [-0.25, -0.2) is 4.98 Å². The predicted molar refractivity (Wildman–Crippen MR) is 186 cm³/mol. The Hall–Kier alpha value is -3.41. The standard InChI is InChI=1S/C32H44N11O.Co.2H2O/c1-2-3-13-36-30-40-31(37-14-6-21-43-22-19-34-17-15-33-16-18-35-20-23-43)42-32(41-30)38-24-25-9-11-26(12-10-25)29-39-27-7-4-5-8-28(27)44-29;;;/h4-5,7-12H,2-3,6,13-24H2,1H3,(H3,36,37,38,40,41,42);;2*1H2/q-3;;;. The van der Waals surface area contributed by atoms with Gasteiger partial charge in [0.15, 0.2) is 5.58 Å². The van der Waals surface area contributed by atoms with Crippen molar-refractivity contribution in [2.75, 3.05) is 87.9 Å². The van der Waals surface area contributed by atoms with Crippen molar-refractivity contribution in [3.8, 4) is 11.5 Å².